The van der Waals surface area contributed by atoms with Crippen LogP contribution in [-0.4, -0.2) is 53.1 Å². The van der Waals surface area contributed by atoms with Gasteiger partial charge in [-0.2, -0.15) is 5.10 Å². The third kappa shape index (κ3) is 4.61. The Hall–Kier alpha value is -2.58. The maximum absolute atomic E-state index is 13.3. The van der Waals surface area contributed by atoms with Gasteiger partial charge in [0.15, 0.2) is 11.4 Å². The van der Waals surface area contributed by atoms with Gasteiger partial charge in [-0.15, -0.1) is 0 Å². The van der Waals surface area contributed by atoms with Crippen molar-refractivity contribution in [3.05, 3.63) is 64.3 Å². The molecule has 2 aromatic carbocycles. The van der Waals surface area contributed by atoms with Crippen LogP contribution in [0.5, 0.6) is 5.75 Å². The van der Waals surface area contributed by atoms with Crippen molar-refractivity contribution < 1.29 is 14.3 Å². The molecule has 1 aliphatic rings. The number of hydrazine groups is 1. The molecule has 1 amide bonds. The second-order valence-electron chi connectivity index (χ2n) is 7.70. The van der Waals surface area contributed by atoms with E-state index in [4.69, 9.17) is 32.7 Å². The Kier molecular flexibility index (Phi) is 6.71. The molecule has 1 saturated heterocycles. The van der Waals surface area contributed by atoms with Gasteiger partial charge in [-0.1, -0.05) is 47.5 Å². The Bertz CT molecular complexity index is 1110. The van der Waals surface area contributed by atoms with Gasteiger partial charge in [-0.25, -0.2) is 9.69 Å². The summed E-state index contributed by atoms with van der Waals surface area (Å²) in [4.78, 5) is 13.3. The summed E-state index contributed by atoms with van der Waals surface area (Å²) >= 11 is 12.6. The molecule has 2 atom stereocenters. The number of nitrogens with one attached hydrogen (secondary N) is 1. The second kappa shape index (κ2) is 9.50. The molecule has 3 aromatic rings. The first-order valence-corrected chi connectivity index (χ1v) is 11.0. The third-order valence-corrected chi connectivity index (χ3v) is 5.71. The lowest BCUT2D eigenvalue weighted by atomic mass is 10.1. The van der Waals surface area contributed by atoms with Crippen LogP contribution in [0.4, 0.5) is 0 Å². The first kappa shape index (κ1) is 22.6. The van der Waals surface area contributed by atoms with E-state index in [-0.39, 0.29) is 23.8 Å². The highest BCUT2D eigenvalue weighted by atomic mass is 35.5. The minimum Gasteiger partial charge on any atom is -0.492 e. The van der Waals surface area contributed by atoms with Gasteiger partial charge in [0.2, 0.25) is 0 Å². The third-order valence-electron chi connectivity index (χ3n) is 5.14. The minimum absolute atomic E-state index is 0.00579. The van der Waals surface area contributed by atoms with Crippen molar-refractivity contribution in [2.45, 2.75) is 26.1 Å². The highest BCUT2D eigenvalue weighted by Crippen LogP contribution is 2.37. The van der Waals surface area contributed by atoms with E-state index in [0.717, 1.165) is 5.56 Å². The van der Waals surface area contributed by atoms with Gasteiger partial charge in [-0.3, -0.25) is 10.2 Å². The fourth-order valence-electron chi connectivity index (χ4n) is 3.87. The van der Waals surface area contributed by atoms with Crippen molar-refractivity contribution in [3.8, 4) is 22.7 Å². The highest BCUT2D eigenvalue weighted by molar-refractivity contribution is 6.32. The molecular formula is C23H24Cl2N4O3. The number of aromatic nitrogens is 2. The summed E-state index contributed by atoms with van der Waals surface area (Å²) in [6, 6.07) is 14.5. The first-order chi connectivity index (χ1) is 15.4. The number of amides is 1. The van der Waals surface area contributed by atoms with E-state index in [1.165, 1.54) is 7.11 Å². The zero-order chi connectivity index (χ0) is 22.8. The summed E-state index contributed by atoms with van der Waals surface area (Å²) in [5.74, 6) is -0.0248. The van der Waals surface area contributed by atoms with E-state index in [1.807, 2.05) is 49.2 Å². The van der Waals surface area contributed by atoms with Crippen LogP contribution in [0, 0.1) is 0 Å². The van der Waals surface area contributed by atoms with E-state index in [1.54, 1.807) is 22.9 Å². The zero-order valence-electron chi connectivity index (χ0n) is 18.0. The van der Waals surface area contributed by atoms with Crippen LogP contribution in [0.3, 0.4) is 0 Å². The van der Waals surface area contributed by atoms with Crippen LogP contribution < -0.4 is 10.2 Å². The van der Waals surface area contributed by atoms with Crippen molar-refractivity contribution in [2.75, 3.05) is 20.2 Å². The molecule has 0 saturated carbocycles. The molecule has 0 spiro atoms. The minimum atomic E-state index is -0.371. The monoisotopic (exact) mass is 474 g/mol. The van der Waals surface area contributed by atoms with Crippen molar-refractivity contribution in [1.29, 1.82) is 0 Å². The Morgan fingerprint density at radius 3 is 2.38 bits per heavy atom. The van der Waals surface area contributed by atoms with Crippen LogP contribution >= 0.6 is 23.2 Å². The lowest BCUT2D eigenvalue weighted by molar-refractivity contribution is -0.0798. The second-order valence-corrected chi connectivity index (χ2v) is 8.55. The van der Waals surface area contributed by atoms with E-state index in [9.17, 15) is 4.79 Å². The Balaban J connectivity index is 1.79. The summed E-state index contributed by atoms with van der Waals surface area (Å²) in [7, 11) is 1.52. The number of ether oxygens (including phenoxy) is 2. The van der Waals surface area contributed by atoms with Crippen molar-refractivity contribution in [1.82, 2.24) is 20.2 Å². The molecule has 9 heteroatoms. The molecule has 4 rings (SSSR count). The topological polar surface area (TPSA) is 68.6 Å². The lowest BCUT2D eigenvalue weighted by Crippen LogP contribution is -2.53. The quantitative estimate of drug-likeness (QED) is 0.584. The number of carbonyl (C=O) groups is 1. The van der Waals surface area contributed by atoms with E-state index in [2.05, 4.69) is 10.5 Å². The number of hydrogen-bond acceptors (Lipinski definition) is 5. The van der Waals surface area contributed by atoms with Crippen molar-refractivity contribution in [3.63, 3.8) is 0 Å². The number of methoxy groups -OCH3 is 1. The SMILES string of the molecule is COc1c(C(=O)NN2CC(C)OC(C)C2)nn(-c2ccccc2Cl)c1-c1ccc(Cl)cc1. The van der Waals surface area contributed by atoms with E-state index < -0.39 is 0 Å². The van der Waals surface area contributed by atoms with Crippen LogP contribution in [0.25, 0.3) is 16.9 Å². The van der Waals surface area contributed by atoms with Gasteiger partial charge in [0, 0.05) is 23.7 Å². The van der Waals surface area contributed by atoms with Crippen molar-refractivity contribution >= 4 is 29.1 Å². The van der Waals surface area contributed by atoms with E-state index >= 15 is 0 Å². The Labute approximate surface area is 196 Å². The number of benzene rings is 2. The summed E-state index contributed by atoms with van der Waals surface area (Å²) in [5, 5.41) is 7.56. The van der Waals surface area contributed by atoms with Crippen LogP contribution in [0.2, 0.25) is 10.0 Å². The smallest absolute Gasteiger partial charge is 0.289 e. The van der Waals surface area contributed by atoms with Gasteiger partial charge in [0.05, 0.1) is 30.0 Å². The predicted octanol–water partition coefficient (Wildman–Crippen LogP) is 4.61. The molecule has 0 radical (unpaired) electrons. The number of morpholine rings is 1. The average Bonchev–Trinajstić information content (AvgIpc) is 3.13. The van der Waals surface area contributed by atoms with Gasteiger partial charge >= 0.3 is 0 Å². The average molecular weight is 475 g/mol. The van der Waals surface area contributed by atoms with Crippen LogP contribution in [0.15, 0.2) is 48.5 Å². The largest absolute Gasteiger partial charge is 0.492 e. The Morgan fingerprint density at radius 1 is 1.09 bits per heavy atom. The molecule has 2 unspecified atom stereocenters. The predicted molar refractivity (Wildman–Crippen MR) is 125 cm³/mol. The Morgan fingerprint density at radius 2 is 1.75 bits per heavy atom. The number of halogens is 2. The lowest BCUT2D eigenvalue weighted by Gasteiger charge is -2.35. The fourth-order valence-corrected chi connectivity index (χ4v) is 4.21. The van der Waals surface area contributed by atoms with E-state index in [0.29, 0.717) is 40.3 Å². The number of hydrogen-bond donors (Lipinski definition) is 1. The molecule has 0 bridgehead atoms. The molecule has 1 fully saturated rings. The molecule has 32 heavy (non-hydrogen) atoms. The normalized spacial score (nSPS) is 19.0. The molecule has 7 nitrogen and oxygen atoms in total. The molecule has 2 heterocycles. The standard InChI is InChI=1S/C23H24Cl2N4O3/c1-14-12-28(13-15(2)32-14)27-23(30)20-22(31-3)21(16-8-10-17(24)11-9-16)29(26-20)19-7-5-4-6-18(19)25/h4-11,14-15H,12-13H2,1-3H3,(H,27,30). The number of rotatable bonds is 5. The molecule has 168 valence electrons. The van der Waals surface area contributed by atoms with Crippen LogP contribution in [-0.2, 0) is 4.74 Å². The van der Waals surface area contributed by atoms with Gasteiger partial charge < -0.3 is 9.47 Å². The molecule has 1 N–H and O–H groups in total. The zero-order valence-corrected chi connectivity index (χ0v) is 19.5. The van der Waals surface area contributed by atoms with Gasteiger partial charge in [0.1, 0.15) is 5.69 Å². The number of carbonyl (C=O) groups excluding carboxylic acids is 1. The number of para-hydroxylation sites is 1. The first-order valence-electron chi connectivity index (χ1n) is 10.3. The number of nitrogens with zero attached hydrogens (tertiary/aromatic N) is 3. The summed E-state index contributed by atoms with van der Waals surface area (Å²) in [6.45, 7) is 5.10. The molecule has 0 aliphatic carbocycles. The molecule has 1 aromatic heterocycles. The highest BCUT2D eigenvalue weighted by Gasteiger charge is 2.29. The maximum Gasteiger partial charge on any atom is 0.289 e. The summed E-state index contributed by atoms with van der Waals surface area (Å²) in [6.07, 6.45) is 0.0116. The summed E-state index contributed by atoms with van der Waals surface area (Å²) < 4.78 is 13.1. The van der Waals surface area contributed by atoms with Crippen molar-refractivity contribution in [2.24, 2.45) is 0 Å². The van der Waals surface area contributed by atoms with Crippen LogP contribution in [0.1, 0.15) is 24.3 Å². The molecular weight excluding hydrogens is 451 g/mol. The van der Waals surface area contributed by atoms with Gasteiger partial charge in [-0.05, 0) is 38.1 Å². The molecule has 1 aliphatic heterocycles. The van der Waals surface area contributed by atoms with Gasteiger partial charge in [0.25, 0.3) is 5.91 Å². The summed E-state index contributed by atoms with van der Waals surface area (Å²) in [5.41, 5.74) is 5.12. The fraction of sp³-hybridized carbons (Fsp3) is 0.304. The maximum atomic E-state index is 13.3.